The van der Waals surface area contributed by atoms with Crippen molar-refractivity contribution in [3.05, 3.63) is 78.9 Å². The summed E-state index contributed by atoms with van der Waals surface area (Å²) in [6, 6.07) is 16.2. The number of aromatic amines is 1. The maximum atomic E-state index is 6.09. The van der Waals surface area contributed by atoms with Gasteiger partial charge in [-0.1, -0.05) is 12.1 Å². The number of ether oxygens (including phenoxy) is 1. The summed E-state index contributed by atoms with van der Waals surface area (Å²) < 4.78 is 6.09. The van der Waals surface area contributed by atoms with Crippen LogP contribution in [0.3, 0.4) is 0 Å². The molecule has 0 unspecified atom stereocenters. The lowest BCUT2D eigenvalue weighted by molar-refractivity contribution is 0.413. The van der Waals surface area contributed by atoms with E-state index in [2.05, 4.69) is 57.1 Å². The van der Waals surface area contributed by atoms with E-state index in [-0.39, 0.29) is 0 Å². The van der Waals surface area contributed by atoms with Gasteiger partial charge in [0.15, 0.2) is 0 Å². The first-order valence-corrected chi connectivity index (χ1v) is 10.2. The summed E-state index contributed by atoms with van der Waals surface area (Å²) in [5.74, 6) is 1.50. The second-order valence-electron chi connectivity index (χ2n) is 7.85. The van der Waals surface area contributed by atoms with Crippen LogP contribution in [-0.4, -0.2) is 45.5 Å². The normalized spacial score (nSPS) is 11.5. The summed E-state index contributed by atoms with van der Waals surface area (Å²) in [5.41, 5.74) is 4.90. The molecule has 0 saturated heterocycles. The van der Waals surface area contributed by atoms with Gasteiger partial charge in [-0.2, -0.15) is 0 Å². The summed E-state index contributed by atoms with van der Waals surface area (Å²) in [7, 11) is 4.17. The smallest absolute Gasteiger partial charge is 0.146 e. The Labute approximate surface area is 180 Å². The molecule has 0 aliphatic carbocycles. The minimum absolute atomic E-state index is 0.703. The zero-order valence-corrected chi connectivity index (χ0v) is 17.5. The monoisotopic (exact) mass is 409 g/mol. The van der Waals surface area contributed by atoms with Gasteiger partial charge in [0.05, 0.1) is 23.6 Å². The van der Waals surface area contributed by atoms with Gasteiger partial charge >= 0.3 is 0 Å². The SMILES string of the molecule is CN(C)CCc1ccc(Oc2cnc3[nH]c4cnc(-c5cccnc5)cc4c3c2)cc1. The van der Waals surface area contributed by atoms with Crippen LogP contribution in [0.5, 0.6) is 11.5 Å². The van der Waals surface area contributed by atoms with Gasteiger partial charge in [0.2, 0.25) is 0 Å². The van der Waals surface area contributed by atoms with Crippen molar-refractivity contribution in [2.24, 2.45) is 0 Å². The highest BCUT2D eigenvalue weighted by atomic mass is 16.5. The molecule has 0 bridgehead atoms. The predicted octanol–water partition coefficient (Wildman–Crippen LogP) is 5.07. The maximum Gasteiger partial charge on any atom is 0.146 e. The zero-order valence-electron chi connectivity index (χ0n) is 17.5. The van der Waals surface area contributed by atoms with E-state index in [0.29, 0.717) is 5.75 Å². The van der Waals surface area contributed by atoms with Crippen LogP contribution in [0, 0.1) is 0 Å². The molecule has 5 rings (SSSR count). The number of H-pyrrole nitrogens is 1. The minimum Gasteiger partial charge on any atom is -0.456 e. The molecule has 1 aromatic carbocycles. The second kappa shape index (κ2) is 8.16. The van der Waals surface area contributed by atoms with E-state index in [9.17, 15) is 0 Å². The first-order chi connectivity index (χ1) is 15.2. The van der Waals surface area contributed by atoms with E-state index < -0.39 is 0 Å². The number of hydrogen-bond donors (Lipinski definition) is 1. The highest BCUT2D eigenvalue weighted by molar-refractivity contribution is 6.06. The topological polar surface area (TPSA) is 66.9 Å². The van der Waals surface area contributed by atoms with Gasteiger partial charge in [0, 0.05) is 35.3 Å². The van der Waals surface area contributed by atoms with Crippen LogP contribution in [-0.2, 0) is 6.42 Å². The quantitative estimate of drug-likeness (QED) is 0.424. The van der Waals surface area contributed by atoms with Gasteiger partial charge in [-0.3, -0.25) is 9.97 Å². The summed E-state index contributed by atoms with van der Waals surface area (Å²) in [4.78, 5) is 18.8. The van der Waals surface area contributed by atoms with E-state index in [1.807, 2.05) is 42.7 Å². The van der Waals surface area contributed by atoms with Crippen molar-refractivity contribution in [3.8, 4) is 22.8 Å². The molecule has 31 heavy (non-hydrogen) atoms. The number of nitrogens with zero attached hydrogens (tertiary/aromatic N) is 4. The van der Waals surface area contributed by atoms with Crippen LogP contribution in [0.1, 0.15) is 5.56 Å². The summed E-state index contributed by atoms with van der Waals surface area (Å²) >= 11 is 0. The van der Waals surface area contributed by atoms with E-state index in [0.717, 1.165) is 51.9 Å². The number of benzene rings is 1. The summed E-state index contributed by atoms with van der Waals surface area (Å²) in [6.45, 7) is 1.03. The van der Waals surface area contributed by atoms with Crippen LogP contribution >= 0.6 is 0 Å². The van der Waals surface area contributed by atoms with Crippen LogP contribution < -0.4 is 4.74 Å². The molecule has 6 nitrogen and oxygen atoms in total. The first kappa shape index (κ1) is 19.2. The van der Waals surface area contributed by atoms with Crippen LogP contribution in [0.15, 0.2) is 73.3 Å². The molecule has 5 aromatic rings. The van der Waals surface area contributed by atoms with Crippen LogP contribution in [0.25, 0.3) is 33.2 Å². The molecule has 0 aliphatic rings. The fourth-order valence-corrected chi connectivity index (χ4v) is 3.60. The van der Waals surface area contributed by atoms with Crippen molar-refractivity contribution in [2.75, 3.05) is 20.6 Å². The highest BCUT2D eigenvalue weighted by Crippen LogP contribution is 2.31. The molecular formula is C25H23N5O. The number of rotatable bonds is 6. The minimum atomic E-state index is 0.703. The fraction of sp³-hybridized carbons (Fsp3) is 0.160. The molecule has 154 valence electrons. The van der Waals surface area contributed by atoms with E-state index in [4.69, 9.17) is 4.74 Å². The standard InChI is InChI=1S/C25H23N5O/c1-30(2)11-9-17-5-7-19(8-6-17)31-20-12-22-21-13-23(18-4-3-10-26-14-18)27-16-24(21)29-25(22)28-15-20/h3-8,10,12-16H,9,11H2,1-2H3,(H,28,29). The molecule has 0 radical (unpaired) electrons. The maximum absolute atomic E-state index is 6.09. The number of fused-ring (bicyclic) bond motifs is 3. The number of pyridine rings is 3. The molecule has 0 fully saturated rings. The molecule has 1 N–H and O–H groups in total. The molecular weight excluding hydrogens is 386 g/mol. The lowest BCUT2D eigenvalue weighted by Gasteiger charge is -2.10. The van der Waals surface area contributed by atoms with Crippen molar-refractivity contribution in [3.63, 3.8) is 0 Å². The Morgan fingerprint density at radius 2 is 1.77 bits per heavy atom. The van der Waals surface area contributed by atoms with Crippen LogP contribution in [0.2, 0.25) is 0 Å². The third kappa shape index (κ3) is 4.11. The van der Waals surface area contributed by atoms with E-state index in [1.165, 1.54) is 5.56 Å². The van der Waals surface area contributed by atoms with Crippen molar-refractivity contribution in [1.29, 1.82) is 0 Å². The molecule has 0 saturated carbocycles. The summed E-state index contributed by atoms with van der Waals surface area (Å²) in [6.07, 6.45) is 8.18. The molecule has 0 amide bonds. The van der Waals surface area contributed by atoms with E-state index >= 15 is 0 Å². The third-order valence-electron chi connectivity index (χ3n) is 5.27. The summed E-state index contributed by atoms with van der Waals surface area (Å²) in [5, 5.41) is 2.06. The third-order valence-corrected chi connectivity index (χ3v) is 5.27. The van der Waals surface area contributed by atoms with Crippen molar-refractivity contribution < 1.29 is 4.74 Å². The molecule has 0 atom stereocenters. The number of likely N-dealkylation sites (N-methyl/N-ethyl adjacent to an activating group) is 1. The molecule has 6 heteroatoms. The second-order valence-corrected chi connectivity index (χ2v) is 7.85. The number of nitrogens with one attached hydrogen (secondary N) is 1. The Hall–Kier alpha value is -3.77. The van der Waals surface area contributed by atoms with E-state index in [1.54, 1.807) is 12.4 Å². The van der Waals surface area contributed by atoms with Crippen molar-refractivity contribution in [1.82, 2.24) is 24.8 Å². The Morgan fingerprint density at radius 3 is 2.55 bits per heavy atom. The number of aromatic nitrogens is 4. The molecule has 4 aromatic heterocycles. The Bertz CT molecular complexity index is 1330. The average molecular weight is 409 g/mol. The molecule has 0 spiro atoms. The van der Waals surface area contributed by atoms with Crippen molar-refractivity contribution >= 4 is 21.9 Å². The first-order valence-electron chi connectivity index (χ1n) is 10.2. The molecule has 0 aliphatic heterocycles. The van der Waals surface area contributed by atoms with Gasteiger partial charge < -0.3 is 14.6 Å². The van der Waals surface area contributed by atoms with Crippen LogP contribution in [0.4, 0.5) is 0 Å². The Balaban J connectivity index is 1.44. The highest BCUT2D eigenvalue weighted by Gasteiger charge is 2.10. The number of hydrogen-bond acceptors (Lipinski definition) is 5. The van der Waals surface area contributed by atoms with Gasteiger partial charge in [0.1, 0.15) is 17.1 Å². The zero-order chi connectivity index (χ0) is 21.2. The molecule has 4 heterocycles. The Kier molecular flexibility index (Phi) is 5.06. The Morgan fingerprint density at radius 1 is 0.903 bits per heavy atom. The van der Waals surface area contributed by atoms with Gasteiger partial charge in [-0.15, -0.1) is 0 Å². The predicted molar refractivity (Wildman–Crippen MR) is 123 cm³/mol. The van der Waals surface area contributed by atoms with Gasteiger partial charge in [0.25, 0.3) is 0 Å². The van der Waals surface area contributed by atoms with Gasteiger partial charge in [-0.25, -0.2) is 4.98 Å². The van der Waals surface area contributed by atoms with Crippen molar-refractivity contribution in [2.45, 2.75) is 6.42 Å². The van der Waals surface area contributed by atoms with Gasteiger partial charge in [-0.05, 0) is 62.5 Å². The lowest BCUT2D eigenvalue weighted by atomic mass is 10.1. The average Bonchev–Trinajstić information content (AvgIpc) is 3.16. The lowest BCUT2D eigenvalue weighted by Crippen LogP contribution is -2.14. The largest absolute Gasteiger partial charge is 0.456 e. The fourth-order valence-electron chi connectivity index (χ4n) is 3.60.